The summed E-state index contributed by atoms with van der Waals surface area (Å²) in [6.07, 6.45) is -12.3. The molecule has 0 radical (unpaired) electrons. The molecule has 0 aliphatic carbocycles. The van der Waals surface area contributed by atoms with Crippen molar-refractivity contribution in [1.82, 2.24) is 0 Å². The molecule has 0 rings (SSSR count). The van der Waals surface area contributed by atoms with E-state index in [0.29, 0.717) is 0 Å². The fourth-order valence-electron chi connectivity index (χ4n) is 2.43. The second-order valence-electron chi connectivity index (χ2n) is 6.88. The highest BCUT2D eigenvalue weighted by Crippen LogP contribution is 2.62. The fourth-order valence-corrected chi connectivity index (χ4v) is 5.51. The Bertz CT molecular complexity index is 675. The van der Waals surface area contributed by atoms with E-state index in [4.69, 9.17) is 13.3 Å². The molecule has 0 aromatic heterocycles. The van der Waals surface area contributed by atoms with E-state index in [2.05, 4.69) is 0 Å². The molecule has 212 valence electrons. The molecule has 0 fully saturated rings. The molecular formula is C15H19F15O3SSi. The summed E-state index contributed by atoms with van der Waals surface area (Å²) in [7, 11) is -0.975. The number of hydrogen-bond donors (Lipinski definition) is 0. The Morgan fingerprint density at radius 1 is 0.571 bits per heavy atom. The standard InChI is InChI=1S/C15H19F15O3SSi/c1-31-35(32-2,33-3)8-7-34-15(29,30)14(27,28)13(25,26)12(23,24)11(21,22)9(16,17)5-4-6-10(18,19)20/h4-8H2,1-3H3. The minimum absolute atomic E-state index is 0.789. The van der Waals surface area contributed by atoms with Gasteiger partial charge in [-0.15, -0.1) is 0 Å². The van der Waals surface area contributed by atoms with Gasteiger partial charge in [-0.1, -0.05) is 11.8 Å². The maximum atomic E-state index is 13.9. The van der Waals surface area contributed by atoms with Crippen molar-refractivity contribution < 1.29 is 79.1 Å². The highest BCUT2D eigenvalue weighted by Gasteiger charge is 2.89. The molecule has 35 heavy (non-hydrogen) atoms. The van der Waals surface area contributed by atoms with Gasteiger partial charge in [-0.05, 0) is 6.42 Å². The van der Waals surface area contributed by atoms with Gasteiger partial charge in [0.1, 0.15) is 0 Å². The highest BCUT2D eigenvalue weighted by atomic mass is 32.2. The van der Waals surface area contributed by atoms with Crippen molar-refractivity contribution in [3.05, 3.63) is 0 Å². The van der Waals surface area contributed by atoms with Crippen LogP contribution in [-0.2, 0) is 13.3 Å². The molecule has 0 bridgehead atoms. The molecule has 0 N–H and O–H groups in total. The molecule has 0 saturated heterocycles. The van der Waals surface area contributed by atoms with Gasteiger partial charge in [0.15, 0.2) is 0 Å². The van der Waals surface area contributed by atoms with E-state index in [0.717, 1.165) is 21.3 Å². The third kappa shape index (κ3) is 6.84. The van der Waals surface area contributed by atoms with Crippen molar-refractivity contribution in [2.45, 2.75) is 66.4 Å². The lowest BCUT2D eigenvalue weighted by molar-refractivity contribution is -0.416. The predicted octanol–water partition coefficient (Wildman–Crippen LogP) is 7.10. The van der Waals surface area contributed by atoms with Crippen molar-refractivity contribution in [2.75, 3.05) is 27.1 Å². The lowest BCUT2D eigenvalue weighted by atomic mass is 9.92. The van der Waals surface area contributed by atoms with Gasteiger partial charge < -0.3 is 13.3 Å². The van der Waals surface area contributed by atoms with Gasteiger partial charge in [0.2, 0.25) is 0 Å². The molecule has 20 heteroatoms. The Morgan fingerprint density at radius 3 is 1.34 bits per heavy atom. The highest BCUT2D eigenvalue weighted by molar-refractivity contribution is 8.00. The van der Waals surface area contributed by atoms with Crippen LogP contribution in [0.1, 0.15) is 19.3 Å². The van der Waals surface area contributed by atoms with Crippen molar-refractivity contribution in [1.29, 1.82) is 0 Å². The van der Waals surface area contributed by atoms with Crippen LogP contribution < -0.4 is 0 Å². The molecule has 0 unspecified atom stereocenters. The first-order valence-corrected chi connectivity index (χ1v) is 11.9. The maximum absolute atomic E-state index is 13.9. The molecule has 0 atom stereocenters. The number of hydrogen-bond acceptors (Lipinski definition) is 4. The fraction of sp³-hybridized carbons (Fsp3) is 1.00. The summed E-state index contributed by atoms with van der Waals surface area (Å²) < 4.78 is 215. The number of rotatable bonds is 15. The van der Waals surface area contributed by atoms with Crippen molar-refractivity contribution in [2.24, 2.45) is 0 Å². The zero-order valence-corrected chi connectivity index (χ0v) is 19.7. The van der Waals surface area contributed by atoms with E-state index in [9.17, 15) is 65.9 Å². The molecule has 3 nitrogen and oxygen atoms in total. The number of alkyl halides is 15. The van der Waals surface area contributed by atoms with Crippen LogP contribution >= 0.6 is 11.8 Å². The van der Waals surface area contributed by atoms with Crippen LogP contribution in [0.15, 0.2) is 0 Å². The first-order chi connectivity index (χ1) is 15.3. The Morgan fingerprint density at radius 2 is 0.971 bits per heavy atom. The minimum atomic E-state index is -7.83. The van der Waals surface area contributed by atoms with Crippen molar-refractivity contribution in [3.63, 3.8) is 0 Å². The summed E-state index contributed by atoms with van der Waals surface area (Å²) in [6.45, 7) is 0. The summed E-state index contributed by atoms with van der Waals surface area (Å²) in [5, 5.41) is -6.24. The lowest BCUT2D eigenvalue weighted by Crippen LogP contribution is -2.70. The molecular weight excluding hydrogens is 573 g/mol. The third-order valence-electron chi connectivity index (χ3n) is 4.58. The first kappa shape index (κ1) is 34.4. The van der Waals surface area contributed by atoms with Gasteiger partial charge in [-0.3, -0.25) is 0 Å². The van der Waals surface area contributed by atoms with E-state index < -0.39 is 92.7 Å². The minimum Gasteiger partial charge on any atom is -0.377 e. The first-order valence-electron chi connectivity index (χ1n) is 8.98. The second kappa shape index (κ2) is 11.0. The van der Waals surface area contributed by atoms with Crippen LogP contribution in [0.5, 0.6) is 0 Å². The molecule has 0 saturated carbocycles. The Balaban J connectivity index is 5.93. The third-order valence-corrected chi connectivity index (χ3v) is 8.70. The van der Waals surface area contributed by atoms with E-state index in [1.165, 1.54) is 0 Å². The Hall–Kier alpha value is -0.603. The van der Waals surface area contributed by atoms with Gasteiger partial charge in [-0.2, -0.15) is 65.9 Å². The van der Waals surface area contributed by atoms with Crippen LogP contribution in [0.4, 0.5) is 65.9 Å². The van der Waals surface area contributed by atoms with Gasteiger partial charge in [-0.25, -0.2) is 0 Å². The van der Waals surface area contributed by atoms with E-state index >= 15 is 0 Å². The summed E-state index contributed by atoms with van der Waals surface area (Å²) in [5.41, 5.74) is 0. The topological polar surface area (TPSA) is 27.7 Å². The summed E-state index contributed by atoms with van der Waals surface area (Å²) in [6, 6.07) is -0.789. The number of halogens is 15. The molecule has 0 aromatic carbocycles. The maximum Gasteiger partial charge on any atom is 0.500 e. The smallest absolute Gasteiger partial charge is 0.377 e. The Labute approximate surface area is 194 Å². The van der Waals surface area contributed by atoms with Crippen LogP contribution in [0, 0.1) is 0 Å². The van der Waals surface area contributed by atoms with Gasteiger partial charge in [0.05, 0.1) is 0 Å². The summed E-state index contributed by atoms with van der Waals surface area (Å²) in [4.78, 5) is 0. The second-order valence-corrected chi connectivity index (χ2v) is 11.2. The monoisotopic (exact) mass is 592 g/mol. The lowest BCUT2D eigenvalue weighted by Gasteiger charge is -2.41. The normalized spacial score (nSPS) is 15.6. The summed E-state index contributed by atoms with van der Waals surface area (Å²) >= 11 is -1.42. The van der Waals surface area contributed by atoms with Crippen LogP contribution in [0.25, 0.3) is 0 Å². The van der Waals surface area contributed by atoms with E-state index in [1.54, 1.807) is 0 Å². The summed E-state index contributed by atoms with van der Waals surface area (Å²) in [5.74, 6) is -38.1. The van der Waals surface area contributed by atoms with Gasteiger partial charge in [0.25, 0.3) is 0 Å². The zero-order chi connectivity index (χ0) is 28.4. The number of thioether (sulfide) groups is 1. The molecule has 0 amide bonds. The Kier molecular flexibility index (Phi) is 10.8. The van der Waals surface area contributed by atoms with Crippen LogP contribution in [0.2, 0.25) is 6.04 Å². The van der Waals surface area contributed by atoms with E-state index in [1.807, 2.05) is 0 Å². The molecule has 0 aromatic rings. The average Bonchev–Trinajstić information content (AvgIpc) is 2.69. The van der Waals surface area contributed by atoms with Crippen LogP contribution in [-0.4, -0.2) is 76.9 Å². The zero-order valence-electron chi connectivity index (χ0n) is 17.8. The molecule has 0 aliphatic heterocycles. The van der Waals surface area contributed by atoms with Gasteiger partial charge in [0, 0.05) is 46.0 Å². The SMILES string of the molecule is CO[Si](CCSC(F)(F)C(F)(F)C(F)(F)C(F)(F)C(F)(F)C(F)(F)CCCC(F)(F)F)(OC)OC. The quantitative estimate of drug-likeness (QED) is 0.150. The molecule has 0 heterocycles. The average molecular weight is 592 g/mol. The molecule has 0 spiro atoms. The van der Waals surface area contributed by atoms with Crippen molar-refractivity contribution in [3.8, 4) is 0 Å². The molecule has 0 aliphatic rings. The van der Waals surface area contributed by atoms with Crippen molar-refractivity contribution >= 4 is 20.6 Å². The largest absolute Gasteiger partial charge is 0.500 e. The van der Waals surface area contributed by atoms with Gasteiger partial charge >= 0.3 is 49.8 Å². The van der Waals surface area contributed by atoms with E-state index in [-0.39, 0.29) is 0 Å². The van der Waals surface area contributed by atoms with Crippen LogP contribution in [0.3, 0.4) is 0 Å². The predicted molar refractivity (Wildman–Crippen MR) is 93.6 cm³/mol.